The number of ketones is 2. The molecule has 0 N–H and O–H groups in total. The number of carbonyl (C=O) groups excluding carboxylic acids is 2. The summed E-state index contributed by atoms with van der Waals surface area (Å²) in [5, 5.41) is -1.20. The number of hydrogen-bond donors (Lipinski definition) is 0. The molecule has 0 aliphatic heterocycles. The zero-order valence-electron chi connectivity index (χ0n) is 12.0. The fourth-order valence-corrected chi connectivity index (χ4v) is 3.53. The van der Waals surface area contributed by atoms with Crippen molar-refractivity contribution in [2.75, 3.05) is 0 Å². The molecule has 5 heteroatoms. The van der Waals surface area contributed by atoms with Crippen molar-refractivity contribution in [1.82, 2.24) is 0 Å². The average molecular weight is 326 g/mol. The van der Waals surface area contributed by atoms with Gasteiger partial charge < -0.3 is 0 Å². The molecular formula is C14H19Cl3O2. The maximum absolute atomic E-state index is 12.5. The van der Waals surface area contributed by atoms with Crippen LogP contribution in [0, 0.1) is 10.8 Å². The van der Waals surface area contributed by atoms with E-state index in [2.05, 4.69) is 0 Å². The van der Waals surface area contributed by atoms with Crippen molar-refractivity contribution in [3.63, 3.8) is 0 Å². The SMILES string of the molecule is CC(C)(C)C1=C(Cl)C(=O)C(Cl)(C(C)(C)C)C(Cl)C1=O. The normalized spacial score (nSPS) is 30.1. The first-order valence-electron chi connectivity index (χ1n) is 6.08. The molecular weight excluding hydrogens is 307 g/mol. The van der Waals surface area contributed by atoms with Gasteiger partial charge in [0.25, 0.3) is 0 Å². The van der Waals surface area contributed by atoms with E-state index in [0.717, 1.165) is 0 Å². The van der Waals surface area contributed by atoms with Crippen molar-refractivity contribution in [1.29, 1.82) is 0 Å². The lowest BCUT2D eigenvalue weighted by molar-refractivity contribution is -0.127. The summed E-state index contributed by atoms with van der Waals surface area (Å²) in [5.41, 5.74) is -0.968. The molecule has 0 radical (unpaired) electrons. The number of alkyl halides is 2. The van der Waals surface area contributed by atoms with E-state index in [1.807, 2.05) is 20.8 Å². The Balaban J connectivity index is 3.59. The van der Waals surface area contributed by atoms with Crippen molar-refractivity contribution in [2.45, 2.75) is 51.8 Å². The molecule has 0 aromatic heterocycles. The molecule has 0 saturated carbocycles. The molecule has 2 nitrogen and oxygen atoms in total. The van der Waals surface area contributed by atoms with E-state index in [0.29, 0.717) is 0 Å². The van der Waals surface area contributed by atoms with Gasteiger partial charge in [0.1, 0.15) is 10.3 Å². The highest BCUT2D eigenvalue weighted by Gasteiger charge is 2.60. The first kappa shape index (κ1) is 17.0. The zero-order valence-corrected chi connectivity index (χ0v) is 14.3. The summed E-state index contributed by atoms with van der Waals surface area (Å²) in [6.45, 7) is 10.8. The first-order valence-corrected chi connectivity index (χ1v) is 7.27. The monoisotopic (exact) mass is 324 g/mol. The maximum Gasteiger partial charge on any atom is 0.198 e. The Bertz CT molecular complexity index is 466. The molecule has 0 aromatic carbocycles. The number of halogens is 3. The lowest BCUT2D eigenvalue weighted by atomic mass is 9.67. The van der Waals surface area contributed by atoms with Gasteiger partial charge in [-0.1, -0.05) is 53.1 Å². The largest absolute Gasteiger partial charge is 0.293 e. The van der Waals surface area contributed by atoms with Crippen LogP contribution in [0.2, 0.25) is 0 Å². The second-order valence-corrected chi connectivity index (χ2v) is 8.37. The second-order valence-electron chi connectivity index (χ2n) is 6.96. The van der Waals surface area contributed by atoms with Crippen LogP contribution >= 0.6 is 34.8 Å². The third kappa shape index (κ3) is 2.48. The van der Waals surface area contributed by atoms with Crippen LogP contribution in [0.15, 0.2) is 10.6 Å². The Labute approximate surface area is 129 Å². The van der Waals surface area contributed by atoms with Crippen molar-refractivity contribution in [3.8, 4) is 0 Å². The Kier molecular flexibility index (Phi) is 4.25. The van der Waals surface area contributed by atoms with Crippen molar-refractivity contribution in [2.24, 2.45) is 10.8 Å². The Morgan fingerprint density at radius 3 is 1.79 bits per heavy atom. The molecule has 108 valence electrons. The predicted molar refractivity (Wildman–Crippen MR) is 80.0 cm³/mol. The summed E-state index contributed by atoms with van der Waals surface area (Å²) in [6, 6.07) is 0. The average Bonchev–Trinajstić information content (AvgIpc) is 2.20. The number of Topliss-reactive ketones (excluding diaryl/α,β-unsaturated/α-hetero) is 2. The molecule has 1 aliphatic carbocycles. The highest BCUT2D eigenvalue weighted by Crippen LogP contribution is 2.50. The lowest BCUT2D eigenvalue weighted by Gasteiger charge is -2.44. The lowest BCUT2D eigenvalue weighted by Crippen LogP contribution is -2.58. The van der Waals surface area contributed by atoms with E-state index < -0.39 is 26.9 Å². The maximum atomic E-state index is 12.5. The molecule has 1 rings (SSSR count). The van der Waals surface area contributed by atoms with E-state index in [4.69, 9.17) is 34.8 Å². The quantitative estimate of drug-likeness (QED) is 0.622. The van der Waals surface area contributed by atoms with Crippen LogP contribution in [0.25, 0.3) is 0 Å². The smallest absolute Gasteiger partial charge is 0.198 e. The van der Waals surface area contributed by atoms with Gasteiger partial charge in [-0.05, 0) is 10.8 Å². The summed E-state index contributed by atoms with van der Waals surface area (Å²) < 4.78 is 0. The highest BCUT2D eigenvalue weighted by atomic mass is 35.5. The summed E-state index contributed by atoms with van der Waals surface area (Å²) >= 11 is 18.8. The fourth-order valence-electron chi connectivity index (χ4n) is 2.22. The van der Waals surface area contributed by atoms with E-state index in [-0.39, 0.29) is 16.4 Å². The molecule has 19 heavy (non-hydrogen) atoms. The number of rotatable bonds is 0. The summed E-state index contributed by atoms with van der Waals surface area (Å²) in [6.07, 6.45) is 0. The fraction of sp³-hybridized carbons (Fsp3) is 0.714. The standard InChI is InChI=1S/C14H19Cl3O2/c1-12(2,3)7-8(15)11(19)14(17,13(4,5)6)10(16)9(7)18/h10H,1-6H3. The molecule has 0 amide bonds. The molecule has 0 saturated heterocycles. The minimum Gasteiger partial charge on any atom is -0.293 e. The third-order valence-electron chi connectivity index (χ3n) is 3.42. The van der Waals surface area contributed by atoms with Gasteiger partial charge in [-0.25, -0.2) is 0 Å². The van der Waals surface area contributed by atoms with Crippen LogP contribution in [0.1, 0.15) is 41.5 Å². The topological polar surface area (TPSA) is 34.1 Å². The number of allylic oxidation sites excluding steroid dienone is 2. The molecule has 0 bridgehead atoms. The zero-order chi connectivity index (χ0) is 15.4. The molecule has 2 atom stereocenters. The van der Waals surface area contributed by atoms with Crippen LogP contribution in [0.5, 0.6) is 0 Å². The van der Waals surface area contributed by atoms with Gasteiger partial charge in [0, 0.05) is 5.57 Å². The van der Waals surface area contributed by atoms with Gasteiger partial charge in [-0.3, -0.25) is 9.59 Å². The van der Waals surface area contributed by atoms with E-state index >= 15 is 0 Å². The van der Waals surface area contributed by atoms with Gasteiger partial charge in [-0.15, -0.1) is 23.2 Å². The molecule has 2 unspecified atom stereocenters. The first-order chi connectivity index (χ1) is 8.26. The van der Waals surface area contributed by atoms with Crippen LogP contribution < -0.4 is 0 Å². The third-order valence-corrected chi connectivity index (χ3v) is 5.37. The Hall–Kier alpha value is -0.0500. The van der Waals surface area contributed by atoms with E-state index in [1.165, 1.54) is 0 Å². The van der Waals surface area contributed by atoms with Gasteiger partial charge in [0.15, 0.2) is 11.6 Å². The molecule has 0 aromatic rings. The summed E-state index contributed by atoms with van der Waals surface area (Å²) in [4.78, 5) is 23.5. The van der Waals surface area contributed by atoms with Gasteiger partial charge in [-0.2, -0.15) is 0 Å². The molecule has 0 spiro atoms. The Morgan fingerprint density at radius 1 is 1.05 bits per heavy atom. The predicted octanol–water partition coefficient (Wildman–Crippen LogP) is 4.31. The van der Waals surface area contributed by atoms with Crippen molar-refractivity contribution >= 4 is 46.4 Å². The summed E-state index contributed by atoms with van der Waals surface area (Å²) in [5.74, 6) is -0.823. The molecule has 0 heterocycles. The van der Waals surface area contributed by atoms with Gasteiger partial charge in [0.05, 0.1) is 5.03 Å². The summed E-state index contributed by atoms with van der Waals surface area (Å²) in [7, 11) is 0. The van der Waals surface area contributed by atoms with Crippen LogP contribution in [0.3, 0.4) is 0 Å². The van der Waals surface area contributed by atoms with E-state index in [1.54, 1.807) is 20.8 Å². The number of carbonyl (C=O) groups is 2. The van der Waals surface area contributed by atoms with Crippen molar-refractivity contribution in [3.05, 3.63) is 10.6 Å². The Morgan fingerprint density at radius 2 is 1.47 bits per heavy atom. The van der Waals surface area contributed by atoms with E-state index in [9.17, 15) is 9.59 Å². The van der Waals surface area contributed by atoms with Crippen LogP contribution in [-0.4, -0.2) is 21.8 Å². The number of hydrogen-bond acceptors (Lipinski definition) is 2. The molecule has 0 fully saturated rings. The van der Waals surface area contributed by atoms with Crippen molar-refractivity contribution < 1.29 is 9.59 Å². The second kappa shape index (κ2) is 4.75. The van der Waals surface area contributed by atoms with Crippen LogP contribution in [0.4, 0.5) is 0 Å². The minimum absolute atomic E-state index is 0.0840. The van der Waals surface area contributed by atoms with Gasteiger partial charge >= 0.3 is 0 Å². The van der Waals surface area contributed by atoms with Crippen LogP contribution in [-0.2, 0) is 9.59 Å². The minimum atomic E-state index is -1.52. The molecule has 1 aliphatic rings. The highest BCUT2D eigenvalue weighted by molar-refractivity contribution is 6.59. The van der Waals surface area contributed by atoms with Gasteiger partial charge in [0.2, 0.25) is 0 Å².